The molecule has 3 heterocycles. The van der Waals surface area contributed by atoms with Gasteiger partial charge in [-0.25, -0.2) is 19.6 Å². The normalized spacial score (nSPS) is 16.8. The molecule has 0 spiro atoms. The van der Waals surface area contributed by atoms with Crippen molar-refractivity contribution in [1.29, 1.82) is 0 Å². The van der Waals surface area contributed by atoms with Crippen molar-refractivity contribution < 1.29 is 4.79 Å². The van der Waals surface area contributed by atoms with Crippen molar-refractivity contribution >= 4 is 40.6 Å². The molecule has 1 aliphatic heterocycles. The smallest absolute Gasteiger partial charge is 0.229 e. The summed E-state index contributed by atoms with van der Waals surface area (Å²) in [5.74, 6) is 1.10. The number of aromatic nitrogens is 5. The Labute approximate surface area is 171 Å². The molecule has 2 aromatic heterocycles. The molecule has 10 heteroatoms. The molecule has 0 aliphatic carbocycles. The molecule has 1 aliphatic rings. The first kappa shape index (κ1) is 18.6. The number of nitrogens with one attached hydrogen (secondary N) is 1. The second-order valence-corrected chi connectivity index (χ2v) is 7.32. The van der Waals surface area contributed by atoms with Crippen LogP contribution < -0.4 is 10.2 Å². The quantitative estimate of drug-likeness (QED) is 0.700. The monoisotopic (exact) mass is 417 g/mol. The number of nitrogens with zero attached hydrogens (tertiary/aromatic N) is 6. The van der Waals surface area contributed by atoms with Crippen LogP contribution in [0.2, 0.25) is 10.0 Å². The SMILES string of the molecule is O=C(Nc1cc(Cl)ccc1Cl)C1CCCN(c2cc(-n3cncn3)ncn2)C1. The van der Waals surface area contributed by atoms with E-state index in [1.807, 2.05) is 6.07 Å². The van der Waals surface area contributed by atoms with Crippen molar-refractivity contribution in [3.8, 4) is 5.82 Å². The summed E-state index contributed by atoms with van der Waals surface area (Å²) in [6, 6.07) is 6.84. The van der Waals surface area contributed by atoms with E-state index in [2.05, 4.69) is 30.3 Å². The molecule has 4 rings (SSSR count). The molecule has 0 radical (unpaired) electrons. The lowest BCUT2D eigenvalue weighted by Gasteiger charge is -2.33. The van der Waals surface area contributed by atoms with E-state index < -0.39 is 0 Å². The molecule has 1 amide bonds. The molecule has 0 bridgehead atoms. The topological polar surface area (TPSA) is 88.8 Å². The van der Waals surface area contributed by atoms with Gasteiger partial charge in [0.25, 0.3) is 0 Å². The van der Waals surface area contributed by atoms with E-state index in [-0.39, 0.29) is 11.8 Å². The molecule has 1 N–H and O–H groups in total. The molecule has 1 aromatic carbocycles. The summed E-state index contributed by atoms with van der Waals surface area (Å²) in [7, 11) is 0. The van der Waals surface area contributed by atoms with Crippen LogP contribution in [0.15, 0.2) is 43.2 Å². The van der Waals surface area contributed by atoms with E-state index in [0.29, 0.717) is 28.1 Å². The lowest BCUT2D eigenvalue weighted by molar-refractivity contribution is -0.120. The van der Waals surface area contributed by atoms with Crippen LogP contribution in [0, 0.1) is 5.92 Å². The Morgan fingerprint density at radius 2 is 2.00 bits per heavy atom. The third-order valence-corrected chi connectivity index (χ3v) is 5.16. The summed E-state index contributed by atoms with van der Waals surface area (Å²) in [5.41, 5.74) is 0.520. The van der Waals surface area contributed by atoms with E-state index in [9.17, 15) is 4.79 Å². The molecule has 0 saturated carbocycles. The highest BCUT2D eigenvalue weighted by atomic mass is 35.5. The Bertz CT molecular complexity index is 980. The fourth-order valence-corrected chi connectivity index (χ4v) is 3.53. The van der Waals surface area contributed by atoms with Crippen molar-refractivity contribution in [2.24, 2.45) is 5.92 Å². The number of piperidine rings is 1. The van der Waals surface area contributed by atoms with Gasteiger partial charge in [0.1, 0.15) is 24.8 Å². The van der Waals surface area contributed by atoms with Crippen LogP contribution in [0.25, 0.3) is 5.82 Å². The second kappa shape index (κ2) is 8.12. The van der Waals surface area contributed by atoms with Gasteiger partial charge in [0, 0.05) is 24.2 Å². The van der Waals surface area contributed by atoms with Crippen molar-refractivity contribution in [3.05, 3.63) is 53.3 Å². The Morgan fingerprint density at radius 1 is 1.14 bits per heavy atom. The van der Waals surface area contributed by atoms with Gasteiger partial charge in [-0.15, -0.1) is 0 Å². The van der Waals surface area contributed by atoms with Crippen LogP contribution in [-0.4, -0.2) is 43.7 Å². The number of rotatable bonds is 4. The minimum absolute atomic E-state index is 0.0839. The fraction of sp³-hybridized carbons (Fsp3) is 0.278. The molecule has 3 aromatic rings. The lowest BCUT2D eigenvalue weighted by Crippen LogP contribution is -2.41. The summed E-state index contributed by atoms with van der Waals surface area (Å²) in [4.78, 5) is 27.4. The zero-order valence-corrected chi connectivity index (χ0v) is 16.3. The second-order valence-electron chi connectivity index (χ2n) is 6.47. The zero-order chi connectivity index (χ0) is 19.5. The largest absolute Gasteiger partial charge is 0.356 e. The first-order chi connectivity index (χ1) is 13.6. The Kier molecular flexibility index (Phi) is 5.40. The number of benzene rings is 1. The van der Waals surface area contributed by atoms with Crippen LogP contribution in [0.3, 0.4) is 0 Å². The van der Waals surface area contributed by atoms with Gasteiger partial charge < -0.3 is 10.2 Å². The van der Waals surface area contributed by atoms with Crippen molar-refractivity contribution in [2.45, 2.75) is 12.8 Å². The molecule has 1 atom stereocenters. The first-order valence-electron chi connectivity index (χ1n) is 8.78. The molecule has 28 heavy (non-hydrogen) atoms. The van der Waals surface area contributed by atoms with Crippen LogP contribution in [0.5, 0.6) is 0 Å². The number of halogens is 2. The van der Waals surface area contributed by atoms with E-state index in [1.54, 1.807) is 29.2 Å². The maximum Gasteiger partial charge on any atom is 0.229 e. The average molecular weight is 418 g/mol. The van der Waals surface area contributed by atoms with Crippen LogP contribution in [0.1, 0.15) is 12.8 Å². The number of amides is 1. The zero-order valence-electron chi connectivity index (χ0n) is 14.8. The highest BCUT2D eigenvalue weighted by Crippen LogP contribution is 2.28. The van der Waals surface area contributed by atoms with Gasteiger partial charge in [-0.1, -0.05) is 23.2 Å². The molecule has 144 valence electrons. The van der Waals surface area contributed by atoms with Gasteiger partial charge in [0.05, 0.1) is 16.6 Å². The molecular formula is C18H17Cl2N7O. The third-order valence-electron chi connectivity index (χ3n) is 4.59. The van der Waals surface area contributed by atoms with Crippen molar-refractivity contribution in [1.82, 2.24) is 24.7 Å². The van der Waals surface area contributed by atoms with Gasteiger partial charge in [0.15, 0.2) is 5.82 Å². The van der Waals surface area contributed by atoms with Crippen molar-refractivity contribution in [3.63, 3.8) is 0 Å². The third kappa shape index (κ3) is 4.07. The van der Waals surface area contributed by atoms with Crippen LogP contribution in [-0.2, 0) is 4.79 Å². The Hall–Kier alpha value is -2.71. The molecule has 1 saturated heterocycles. The predicted octanol–water partition coefficient (Wildman–Crippen LogP) is 3.22. The van der Waals surface area contributed by atoms with Crippen LogP contribution in [0.4, 0.5) is 11.5 Å². The van der Waals surface area contributed by atoms with Gasteiger partial charge in [-0.05, 0) is 31.0 Å². The highest BCUT2D eigenvalue weighted by molar-refractivity contribution is 6.35. The summed E-state index contributed by atoms with van der Waals surface area (Å²) in [5, 5.41) is 7.95. The molecule has 1 unspecified atom stereocenters. The first-order valence-corrected chi connectivity index (χ1v) is 9.53. The molecular weight excluding hydrogens is 401 g/mol. The van der Waals surface area contributed by atoms with Crippen molar-refractivity contribution in [2.75, 3.05) is 23.3 Å². The number of hydrogen-bond donors (Lipinski definition) is 1. The number of carbonyl (C=O) groups is 1. The summed E-state index contributed by atoms with van der Waals surface area (Å²) in [6.45, 7) is 1.37. The van der Waals surface area contributed by atoms with Crippen LogP contribution >= 0.6 is 23.2 Å². The Balaban J connectivity index is 1.48. The summed E-state index contributed by atoms with van der Waals surface area (Å²) in [6.07, 6.45) is 6.19. The summed E-state index contributed by atoms with van der Waals surface area (Å²) < 4.78 is 1.57. The lowest BCUT2D eigenvalue weighted by atomic mass is 9.97. The number of anilines is 2. The average Bonchev–Trinajstić information content (AvgIpc) is 3.26. The maximum atomic E-state index is 12.8. The van der Waals surface area contributed by atoms with E-state index >= 15 is 0 Å². The van der Waals surface area contributed by atoms with Gasteiger partial charge in [-0.3, -0.25) is 4.79 Å². The van der Waals surface area contributed by atoms with Gasteiger partial charge in [0.2, 0.25) is 5.91 Å². The van der Waals surface area contributed by atoms with E-state index in [4.69, 9.17) is 23.2 Å². The number of carbonyl (C=O) groups excluding carboxylic acids is 1. The van der Waals surface area contributed by atoms with E-state index in [0.717, 1.165) is 25.2 Å². The highest BCUT2D eigenvalue weighted by Gasteiger charge is 2.27. The summed E-state index contributed by atoms with van der Waals surface area (Å²) >= 11 is 12.2. The van der Waals surface area contributed by atoms with Gasteiger partial charge >= 0.3 is 0 Å². The number of hydrogen-bond acceptors (Lipinski definition) is 6. The minimum Gasteiger partial charge on any atom is -0.356 e. The Morgan fingerprint density at radius 3 is 2.82 bits per heavy atom. The standard InChI is InChI=1S/C18H17Cl2N7O/c19-13-3-4-14(20)15(6-13)25-18(28)12-2-1-5-26(8-12)16-7-17(23-10-22-16)27-11-21-9-24-27/h3-4,6-7,9-12H,1-2,5,8H2,(H,25,28). The minimum atomic E-state index is -0.186. The molecule has 8 nitrogen and oxygen atoms in total. The molecule has 1 fully saturated rings. The fourth-order valence-electron chi connectivity index (χ4n) is 3.19. The predicted molar refractivity (Wildman–Crippen MR) is 107 cm³/mol. The van der Waals surface area contributed by atoms with Gasteiger partial charge in [-0.2, -0.15) is 5.10 Å². The maximum absolute atomic E-state index is 12.8. The van der Waals surface area contributed by atoms with E-state index in [1.165, 1.54) is 12.7 Å².